The molecule has 0 N–H and O–H groups in total. The number of likely N-dealkylation sites (tertiary alicyclic amines) is 1. The van der Waals surface area contributed by atoms with E-state index in [4.69, 9.17) is 9.84 Å². The minimum Gasteiger partial charge on any atom is -0.497 e. The van der Waals surface area contributed by atoms with Crippen molar-refractivity contribution in [3.8, 4) is 22.7 Å². The fourth-order valence-corrected chi connectivity index (χ4v) is 6.05. The molecule has 1 aromatic heterocycles. The minimum atomic E-state index is 0.0764. The van der Waals surface area contributed by atoms with Crippen LogP contribution in [-0.2, 0) is 0 Å². The first-order valence-corrected chi connectivity index (χ1v) is 11.4. The normalized spacial score (nSPS) is 23.9. The van der Waals surface area contributed by atoms with Crippen LogP contribution in [0, 0.1) is 10.8 Å². The van der Waals surface area contributed by atoms with E-state index in [0.717, 1.165) is 48.5 Å². The van der Waals surface area contributed by atoms with Gasteiger partial charge in [-0.25, -0.2) is 4.68 Å². The van der Waals surface area contributed by atoms with Crippen molar-refractivity contribution in [2.45, 2.75) is 46.1 Å². The van der Waals surface area contributed by atoms with Crippen molar-refractivity contribution in [1.82, 2.24) is 14.7 Å². The number of fused-ring (bicyclic) bond motifs is 2. The van der Waals surface area contributed by atoms with E-state index in [9.17, 15) is 4.79 Å². The van der Waals surface area contributed by atoms with Gasteiger partial charge in [0.1, 0.15) is 11.4 Å². The quantitative estimate of drug-likeness (QED) is 0.543. The second-order valence-electron chi connectivity index (χ2n) is 10.5. The van der Waals surface area contributed by atoms with E-state index in [-0.39, 0.29) is 16.7 Å². The van der Waals surface area contributed by atoms with Gasteiger partial charge in [0.05, 0.1) is 18.5 Å². The molecule has 2 aromatic carbocycles. The number of hydrogen-bond acceptors (Lipinski definition) is 3. The van der Waals surface area contributed by atoms with Crippen LogP contribution < -0.4 is 4.74 Å². The van der Waals surface area contributed by atoms with Crippen LogP contribution in [-0.4, -0.2) is 40.3 Å². The summed E-state index contributed by atoms with van der Waals surface area (Å²) in [4.78, 5) is 16.0. The Hall–Kier alpha value is -3.08. The van der Waals surface area contributed by atoms with Gasteiger partial charge in [-0.2, -0.15) is 5.10 Å². The summed E-state index contributed by atoms with van der Waals surface area (Å²) < 4.78 is 7.09. The highest BCUT2D eigenvalue weighted by molar-refractivity contribution is 5.95. The number of amides is 1. The Kier molecular flexibility index (Phi) is 4.88. The van der Waals surface area contributed by atoms with Crippen LogP contribution in [0.2, 0.25) is 0 Å². The predicted octanol–water partition coefficient (Wildman–Crippen LogP) is 5.59. The molecular weight excluding hydrogens is 398 g/mol. The number of benzene rings is 2. The minimum absolute atomic E-state index is 0.0764. The molecule has 2 heterocycles. The van der Waals surface area contributed by atoms with Crippen molar-refractivity contribution in [2.75, 3.05) is 13.7 Å². The molecule has 5 heteroatoms. The van der Waals surface area contributed by atoms with Gasteiger partial charge < -0.3 is 9.64 Å². The topological polar surface area (TPSA) is 47.4 Å². The summed E-state index contributed by atoms with van der Waals surface area (Å²) in [6.07, 6.45) is 3.31. The maximum Gasteiger partial charge on any atom is 0.272 e. The number of rotatable bonds is 4. The molecule has 2 aliphatic rings. The van der Waals surface area contributed by atoms with E-state index < -0.39 is 0 Å². The maximum absolute atomic E-state index is 13.9. The lowest BCUT2D eigenvalue weighted by Crippen LogP contribution is -2.38. The summed E-state index contributed by atoms with van der Waals surface area (Å²) >= 11 is 0. The molecule has 32 heavy (non-hydrogen) atoms. The molecule has 1 saturated heterocycles. The lowest BCUT2D eigenvalue weighted by atomic mass is 9.65. The van der Waals surface area contributed by atoms with Gasteiger partial charge >= 0.3 is 0 Å². The number of methoxy groups -OCH3 is 1. The van der Waals surface area contributed by atoms with Crippen LogP contribution in [0.1, 0.15) is 50.5 Å². The lowest BCUT2D eigenvalue weighted by Gasteiger charge is -2.39. The van der Waals surface area contributed by atoms with E-state index in [1.165, 1.54) is 0 Å². The van der Waals surface area contributed by atoms with E-state index in [0.29, 0.717) is 11.7 Å². The molecule has 2 atom stereocenters. The fraction of sp³-hybridized carbons (Fsp3) is 0.407. The molecule has 0 spiro atoms. The molecule has 1 amide bonds. The highest BCUT2D eigenvalue weighted by Crippen LogP contribution is 2.52. The number of hydrogen-bond donors (Lipinski definition) is 0. The average molecular weight is 430 g/mol. The number of aromatic nitrogens is 2. The fourth-order valence-electron chi connectivity index (χ4n) is 6.05. The van der Waals surface area contributed by atoms with Crippen LogP contribution in [0.5, 0.6) is 5.75 Å². The van der Waals surface area contributed by atoms with Crippen LogP contribution >= 0.6 is 0 Å². The van der Waals surface area contributed by atoms with Crippen LogP contribution in [0.3, 0.4) is 0 Å². The zero-order valence-corrected chi connectivity index (χ0v) is 19.3. The van der Waals surface area contributed by atoms with Crippen LogP contribution in [0.15, 0.2) is 60.7 Å². The molecule has 2 unspecified atom stereocenters. The molecule has 2 bridgehead atoms. The Balaban J connectivity index is 1.55. The Bertz CT molecular complexity index is 1130. The Morgan fingerprint density at radius 2 is 1.75 bits per heavy atom. The van der Waals surface area contributed by atoms with Gasteiger partial charge in [-0.3, -0.25) is 4.79 Å². The van der Waals surface area contributed by atoms with E-state index in [1.807, 2.05) is 60.7 Å². The largest absolute Gasteiger partial charge is 0.497 e. The molecule has 5 rings (SSSR count). The first-order valence-electron chi connectivity index (χ1n) is 11.4. The summed E-state index contributed by atoms with van der Waals surface area (Å²) in [5.74, 6) is 0.875. The summed E-state index contributed by atoms with van der Waals surface area (Å²) in [7, 11) is 1.66. The summed E-state index contributed by atoms with van der Waals surface area (Å²) in [6, 6.07) is 20.0. The third-order valence-corrected chi connectivity index (χ3v) is 6.99. The van der Waals surface area contributed by atoms with Crippen molar-refractivity contribution in [3.05, 3.63) is 66.4 Å². The maximum atomic E-state index is 13.9. The Morgan fingerprint density at radius 3 is 2.44 bits per heavy atom. The van der Waals surface area contributed by atoms with Crippen molar-refractivity contribution in [3.63, 3.8) is 0 Å². The van der Waals surface area contributed by atoms with Crippen molar-refractivity contribution < 1.29 is 9.53 Å². The second kappa shape index (κ2) is 7.51. The van der Waals surface area contributed by atoms with Gasteiger partial charge in [0.15, 0.2) is 0 Å². The molecule has 1 saturated carbocycles. The molecule has 5 nitrogen and oxygen atoms in total. The Morgan fingerprint density at radius 1 is 1.03 bits per heavy atom. The van der Waals surface area contributed by atoms with Gasteiger partial charge in [-0.05, 0) is 72.6 Å². The molecule has 2 fully saturated rings. The molecule has 1 aliphatic heterocycles. The monoisotopic (exact) mass is 429 g/mol. The second-order valence-corrected chi connectivity index (χ2v) is 10.5. The zero-order valence-electron chi connectivity index (χ0n) is 19.3. The summed E-state index contributed by atoms with van der Waals surface area (Å²) in [6.45, 7) is 7.83. The molecule has 166 valence electrons. The smallest absolute Gasteiger partial charge is 0.272 e. The van der Waals surface area contributed by atoms with Crippen LogP contribution in [0.25, 0.3) is 16.9 Å². The van der Waals surface area contributed by atoms with Gasteiger partial charge in [0.2, 0.25) is 0 Å². The summed E-state index contributed by atoms with van der Waals surface area (Å²) in [5, 5.41) is 4.86. The number of nitrogens with zero attached hydrogens (tertiary/aromatic N) is 3. The predicted molar refractivity (Wildman–Crippen MR) is 126 cm³/mol. The zero-order chi connectivity index (χ0) is 22.5. The molecule has 1 aliphatic carbocycles. The third-order valence-electron chi connectivity index (χ3n) is 6.99. The number of carbonyl (C=O) groups excluding carboxylic acids is 1. The third kappa shape index (κ3) is 3.70. The van der Waals surface area contributed by atoms with E-state index in [2.05, 4.69) is 25.7 Å². The van der Waals surface area contributed by atoms with E-state index >= 15 is 0 Å². The first-order chi connectivity index (χ1) is 15.3. The number of ether oxygens (including phenoxy) is 1. The summed E-state index contributed by atoms with van der Waals surface area (Å²) in [5.41, 5.74) is 3.72. The van der Waals surface area contributed by atoms with Gasteiger partial charge in [0, 0.05) is 18.2 Å². The number of carbonyl (C=O) groups is 1. The standard InChI is InChI=1S/C27H31N3O2/c1-26(2)15-21-16-27(3,17-26)18-29(21)25(31)24-14-23(19-10-12-22(32-4)13-11-19)28-30(24)20-8-6-5-7-9-20/h5-14,21H,15-18H2,1-4H3. The molecule has 0 radical (unpaired) electrons. The molecular formula is C27H31N3O2. The van der Waals surface area contributed by atoms with Crippen molar-refractivity contribution >= 4 is 5.91 Å². The number of para-hydroxylation sites is 1. The van der Waals surface area contributed by atoms with Crippen molar-refractivity contribution in [1.29, 1.82) is 0 Å². The van der Waals surface area contributed by atoms with E-state index in [1.54, 1.807) is 11.8 Å². The molecule has 3 aromatic rings. The lowest BCUT2D eigenvalue weighted by molar-refractivity contribution is 0.0699. The van der Waals surface area contributed by atoms with Crippen LogP contribution in [0.4, 0.5) is 0 Å². The average Bonchev–Trinajstić information content (AvgIpc) is 3.32. The highest BCUT2D eigenvalue weighted by atomic mass is 16.5. The van der Waals surface area contributed by atoms with Gasteiger partial charge in [-0.15, -0.1) is 0 Å². The highest BCUT2D eigenvalue weighted by Gasteiger charge is 2.51. The SMILES string of the molecule is COc1ccc(-c2cc(C(=O)N3CC4(C)CC3CC(C)(C)C4)n(-c3ccccc3)n2)cc1. The Labute approximate surface area is 190 Å². The first kappa shape index (κ1) is 20.8. The van der Waals surface area contributed by atoms with Gasteiger partial charge in [-0.1, -0.05) is 39.0 Å². The van der Waals surface area contributed by atoms with Gasteiger partial charge in [0.25, 0.3) is 5.91 Å². The van der Waals surface area contributed by atoms with Crippen molar-refractivity contribution in [2.24, 2.45) is 10.8 Å².